The van der Waals surface area contributed by atoms with Crippen molar-refractivity contribution >= 4 is 53.7 Å². The van der Waals surface area contributed by atoms with Gasteiger partial charge in [0.1, 0.15) is 13.2 Å². The average molecular weight is 1060 g/mol. The minimum atomic E-state index is -0.356. The molecule has 0 saturated carbocycles. The maximum Gasteiger partial charge on any atom is 0.253 e. The summed E-state index contributed by atoms with van der Waals surface area (Å²) in [5.41, 5.74) is 4.59. The Morgan fingerprint density at radius 3 is 1.17 bits per heavy atom. The summed E-state index contributed by atoms with van der Waals surface area (Å²) in [5, 5.41) is 26.4. The number of ether oxygens (including phenoxy) is 5. The summed E-state index contributed by atoms with van der Waals surface area (Å²) in [6.07, 6.45) is 20.6. The largest absolute Gasteiger partial charge is 0.504 e. The van der Waals surface area contributed by atoms with Crippen LogP contribution in [0.15, 0.2) is 91.1 Å². The highest BCUT2D eigenvalue weighted by molar-refractivity contribution is 6.08. The Balaban J connectivity index is 0.000000360. The second kappa shape index (κ2) is 31.9. The number of aromatic hydroxyl groups is 1. The molecule has 0 spiro atoms. The molecule has 77 heavy (non-hydrogen) atoms. The summed E-state index contributed by atoms with van der Waals surface area (Å²) in [4.78, 5) is 80.1. The number of aryl methyl sites for hydroxylation is 3. The van der Waals surface area contributed by atoms with Crippen molar-refractivity contribution in [2.24, 2.45) is 0 Å². The van der Waals surface area contributed by atoms with E-state index in [9.17, 15) is 33.9 Å². The normalized spacial score (nSPS) is 14.3. The molecule has 0 atom stereocenters. The third kappa shape index (κ3) is 19.4. The number of amides is 6. The molecule has 0 aromatic heterocycles. The zero-order valence-corrected chi connectivity index (χ0v) is 45.4. The van der Waals surface area contributed by atoms with E-state index in [1.807, 2.05) is 45.0 Å². The fourth-order valence-corrected chi connectivity index (χ4v) is 7.79. The quantitative estimate of drug-likeness (QED) is 0.115. The fourth-order valence-electron chi connectivity index (χ4n) is 7.79. The van der Waals surface area contributed by atoms with Crippen molar-refractivity contribution in [1.29, 1.82) is 0 Å². The van der Waals surface area contributed by atoms with E-state index < -0.39 is 0 Å². The van der Waals surface area contributed by atoms with Gasteiger partial charge < -0.3 is 43.9 Å². The first-order valence-electron chi connectivity index (χ1n) is 25.1. The monoisotopic (exact) mass is 1060 g/mol. The molecule has 3 aliphatic rings. The number of phenols is 1. The zero-order valence-electron chi connectivity index (χ0n) is 45.4. The molecule has 0 radical (unpaired) electrons. The summed E-state index contributed by atoms with van der Waals surface area (Å²) < 4.78 is 28.4. The number of hydrogen-bond donors (Lipinski definition) is 3. The van der Waals surface area contributed by atoms with Crippen LogP contribution in [0.3, 0.4) is 0 Å². The van der Waals surface area contributed by atoms with Crippen molar-refractivity contribution in [3.05, 3.63) is 124 Å². The Kier molecular flexibility index (Phi) is 25.6. The Bertz CT molecular complexity index is 2600. The Hall–Kier alpha value is -7.84. The van der Waals surface area contributed by atoms with Crippen LogP contribution in [0.4, 0.5) is 0 Å². The van der Waals surface area contributed by atoms with Gasteiger partial charge in [0.2, 0.25) is 0 Å². The molecule has 19 nitrogen and oxygen atoms in total. The van der Waals surface area contributed by atoms with E-state index in [1.165, 1.54) is 58.3 Å². The third-order valence-corrected chi connectivity index (χ3v) is 12.1. The molecule has 0 aliphatic carbocycles. The molecule has 0 fully saturated rings. The molecular formula is C58H73N5O14. The molecule has 0 saturated heterocycles. The average Bonchev–Trinajstić information content (AvgIpc) is 3.41. The molecule has 19 heteroatoms. The smallest absolute Gasteiger partial charge is 0.253 e. The summed E-state index contributed by atoms with van der Waals surface area (Å²) >= 11 is 0. The van der Waals surface area contributed by atoms with E-state index in [4.69, 9.17) is 33.9 Å². The van der Waals surface area contributed by atoms with E-state index in [2.05, 4.69) is 4.90 Å². The Labute approximate surface area is 451 Å². The van der Waals surface area contributed by atoms with Crippen molar-refractivity contribution in [3.8, 4) is 34.5 Å². The van der Waals surface area contributed by atoms with Gasteiger partial charge in [-0.1, -0.05) is 18.2 Å². The molecular weight excluding hydrogens is 991 g/mol. The second-order valence-electron chi connectivity index (χ2n) is 17.9. The highest BCUT2D eigenvalue weighted by Gasteiger charge is 2.22. The number of aliphatic hydroxyl groups is 2. The molecule has 3 aromatic rings. The van der Waals surface area contributed by atoms with Gasteiger partial charge in [0.05, 0.1) is 34.5 Å². The lowest BCUT2D eigenvalue weighted by Gasteiger charge is -2.20. The van der Waals surface area contributed by atoms with Gasteiger partial charge in [0, 0.05) is 64.0 Å². The number of methoxy groups -OCH3 is 3. The molecule has 0 unspecified atom stereocenters. The van der Waals surface area contributed by atoms with Gasteiger partial charge in [-0.2, -0.15) is 0 Å². The molecule has 6 amide bonds. The van der Waals surface area contributed by atoms with Crippen LogP contribution in [0.5, 0.6) is 34.5 Å². The molecule has 3 aliphatic heterocycles. The van der Waals surface area contributed by atoms with Gasteiger partial charge in [-0.3, -0.25) is 48.4 Å². The van der Waals surface area contributed by atoms with Gasteiger partial charge in [0.15, 0.2) is 34.5 Å². The molecule has 0 bridgehead atoms. The van der Waals surface area contributed by atoms with Crippen molar-refractivity contribution in [2.45, 2.75) is 40.0 Å². The highest BCUT2D eigenvalue weighted by atomic mass is 16.5. The number of likely N-dealkylation sites (N-methyl/N-ethyl adjacent to an activating group) is 2. The Morgan fingerprint density at radius 2 is 0.844 bits per heavy atom. The van der Waals surface area contributed by atoms with Crippen molar-refractivity contribution in [2.75, 3.05) is 108 Å². The minimum Gasteiger partial charge on any atom is -0.504 e. The standard InChI is InChI=1S/C37H43N3O8.C16H17NO4.C5H13NO2/c1-26-22-28(12-14-34(43)39-16-8-6-10-32(39)41)24-30(45-4)36(26)47-20-18-38(3)19-21-48-37-27(2)23-29(25-31(37)46-5)13-15-35(44)40-17-9-7-11-33(40)42;1-11-9-12(10-13(21-2)16(11)20)6-7-15(19)17-8-4-3-5-14(17)18;1-6(2-4-7)3-5-8/h6-7,10-15,22-25H,8-9,16-21H2,1-5H3;3,5-7,9-10,20H,4,8H2,1-2H3;7-8H,2-5H2,1H3/b14-12+,15-13+;7-6+;. The number of benzene rings is 3. The lowest BCUT2D eigenvalue weighted by atomic mass is 10.1. The molecule has 6 rings (SSSR count). The van der Waals surface area contributed by atoms with Crippen LogP contribution in [0, 0.1) is 20.8 Å². The van der Waals surface area contributed by atoms with Crippen LogP contribution in [0.1, 0.15) is 52.6 Å². The van der Waals surface area contributed by atoms with Gasteiger partial charge in [-0.05, 0) is 160 Å². The van der Waals surface area contributed by atoms with E-state index in [0.717, 1.165) is 27.8 Å². The lowest BCUT2D eigenvalue weighted by Crippen LogP contribution is -2.37. The summed E-state index contributed by atoms with van der Waals surface area (Å²) in [6, 6.07) is 10.8. The van der Waals surface area contributed by atoms with Crippen LogP contribution in [0.25, 0.3) is 18.2 Å². The third-order valence-electron chi connectivity index (χ3n) is 12.1. The maximum absolute atomic E-state index is 12.5. The number of carbonyl (C=O) groups is 6. The number of phenolic OH excluding ortho intramolecular Hbond substituents is 1. The number of imide groups is 3. The number of aliphatic hydroxyl groups excluding tert-OH is 2. The van der Waals surface area contributed by atoms with Crippen LogP contribution in [0.2, 0.25) is 0 Å². The van der Waals surface area contributed by atoms with Gasteiger partial charge in [0.25, 0.3) is 35.4 Å². The van der Waals surface area contributed by atoms with Crippen LogP contribution >= 0.6 is 0 Å². The summed E-state index contributed by atoms with van der Waals surface area (Å²) in [7, 11) is 8.42. The lowest BCUT2D eigenvalue weighted by molar-refractivity contribution is -0.140. The highest BCUT2D eigenvalue weighted by Crippen LogP contribution is 2.35. The number of hydrogen-bond acceptors (Lipinski definition) is 16. The van der Waals surface area contributed by atoms with Crippen LogP contribution in [-0.2, 0) is 28.8 Å². The number of nitrogens with zero attached hydrogens (tertiary/aromatic N) is 5. The summed E-state index contributed by atoms with van der Waals surface area (Å²) in [6.45, 7) is 10.4. The van der Waals surface area contributed by atoms with Gasteiger partial charge in [-0.25, -0.2) is 0 Å². The zero-order chi connectivity index (χ0) is 56.4. The van der Waals surface area contributed by atoms with E-state index in [0.29, 0.717) is 113 Å². The van der Waals surface area contributed by atoms with Crippen LogP contribution in [-0.4, -0.2) is 183 Å². The second-order valence-corrected chi connectivity index (χ2v) is 17.9. The van der Waals surface area contributed by atoms with E-state index >= 15 is 0 Å². The van der Waals surface area contributed by atoms with Gasteiger partial charge >= 0.3 is 0 Å². The minimum absolute atomic E-state index is 0.0809. The van der Waals surface area contributed by atoms with E-state index in [-0.39, 0.29) is 54.4 Å². The van der Waals surface area contributed by atoms with Crippen molar-refractivity contribution < 1.29 is 67.8 Å². The number of rotatable bonds is 21. The summed E-state index contributed by atoms with van der Waals surface area (Å²) in [5.74, 6) is 0.797. The first kappa shape index (κ1) is 61.7. The maximum atomic E-state index is 12.5. The molecule has 3 heterocycles. The fraction of sp³-hybridized carbons (Fsp3) is 0.379. The Morgan fingerprint density at radius 1 is 0.519 bits per heavy atom. The molecule has 3 N–H and O–H groups in total. The topological polar surface area (TPSA) is 225 Å². The molecule has 414 valence electrons. The van der Waals surface area contributed by atoms with E-state index in [1.54, 1.807) is 81.9 Å². The van der Waals surface area contributed by atoms with Crippen LogP contribution < -0.4 is 23.7 Å². The first-order chi connectivity index (χ1) is 36.9. The van der Waals surface area contributed by atoms with Gasteiger partial charge in [-0.15, -0.1) is 0 Å². The molecule has 3 aromatic carbocycles. The first-order valence-corrected chi connectivity index (χ1v) is 25.1. The number of carbonyl (C=O) groups excluding carboxylic acids is 6. The van der Waals surface area contributed by atoms with Crippen molar-refractivity contribution in [1.82, 2.24) is 24.5 Å². The predicted octanol–water partition coefficient (Wildman–Crippen LogP) is 5.31. The SMILES string of the molecule is CN(CCO)CCO.COc1cc(/C=C/C(=O)N2CCC=CC2=O)cc(C)c1O.COc1cc(/C=C/C(=O)N2CCC=CC2=O)cc(C)c1OCCN(C)CCOc1c(C)cc(/C=C/C(=O)N2CCC=CC2=O)cc1OC. The van der Waals surface area contributed by atoms with Crippen molar-refractivity contribution in [3.63, 3.8) is 0 Å². The predicted molar refractivity (Wildman–Crippen MR) is 294 cm³/mol.